The van der Waals surface area contributed by atoms with E-state index in [1.54, 1.807) is 17.4 Å². The van der Waals surface area contributed by atoms with Gasteiger partial charge in [-0.15, -0.1) is 11.3 Å². The SMILES string of the molecule is Cc1ncc(CNCc2ccc(Br)cc2F)s1. The highest BCUT2D eigenvalue weighted by Crippen LogP contribution is 2.15. The fraction of sp³-hybridized carbons (Fsp3) is 0.250. The van der Waals surface area contributed by atoms with Gasteiger partial charge in [0, 0.05) is 34.2 Å². The first kappa shape index (κ1) is 12.7. The highest BCUT2D eigenvalue weighted by molar-refractivity contribution is 9.10. The fourth-order valence-electron chi connectivity index (χ4n) is 1.47. The lowest BCUT2D eigenvalue weighted by atomic mass is 10.2. The third-order valence-corrected chi connectivity index (χ3v) is 3.70. The van der Waals surface area contributed by atoms with E-state index in [-0.39, 0.29) is 5.82 Å². The van der Waals surface area contributed by atoms with E-state index in [1.807, 2.05) is 19.2 Å². The van der Waals surface area contributed by atoms with Crippen LogP contribution in [0.5, 0.6) is 0 Å². The molecule has 17 heavy (non-hydrogen) atoms. The smallest absolute Gasteiger partial charge is 0.128 e. The molecule has 0 fully saturated rings. The molecule has 5 heteroatoms. The van der Waals surface area contributed by atoms with Crippen molar-refractivity contribution in [3.8, 4) is 0 Å². The van der Waals surface area contributed by atoms with Crippen LogP contribution in [-0.4, -0.2) is 4.98 Å². The lowest BCUT2D eigenvalue weighted by Crippen LogP contribution is -2.12. The zero-order chi connectivity index (χ0) is 12.3. The van der Waals surface area contributed by atoms with Crippen LogP contribution in [0, 0.1) is 12.7 Å². The monoisotopic (exact) mass is 314 g/mol. The van der Waals surface area contributed by atoms with Crippen molar-refractivity contribution < 1.29 is 4.39 Å². The number of aryl methyl sites for hydroxylation is 1. The Morgan fingerprint density at radius 2 is 2.24 bits per heavy atom. The standard InChI is InChI=1S/C12H12BrFN2S/c1-8-16-7-11(17-8)6-15-5-9-2-3-10(13)4-12(9)14/h2-4,7,15H,5-6H2,1H3. The second-order valence-corrected chi connectivity index (χ2v) is 5.92. The summed E-state index contributed by atoms with van der Waals surface area (Å²) < 4.78 is 14.3. The van der Waals surface area contributed by atoms with E-state index in [0.29, 0.717) is 12.1 Å². The van der Waals surface area contributed by atoms with Crippen LogP contribution in [0.15, 0.2) is 28.9 Å². The topological polar surface area (TPSA) is 24.9 Å². The molecular formula is C12H12BrFN2S. The van der Waals surface area contributed by atoms with Gasteiger partial charge < -0.3 is 5.32 Å². The summed E-state index contributed by atoms with van der Waals surface area (Å²) in [6.07, 6.45) is 1.85. The number of halogens is 2. The average molecular weight is 315 g/mol. The predicted octanol–water partition coefficient (Wildman–Crippen LogP) is 3.64. The van der Waals surface area contributed by atoms with Gasteiger partial charge in [-0.05, 0) is 19.1 Å². The van der Waals surface area contributed by atoms with Crippen LogP contribution in [0.1, 0.15) is 15.4 Å². The summed E-state index contributed by atoms with van der Waals surface area (Å²) in [6.45, 7) is 3.22. The molecule has 0 radical (unpaired) electrons. The molecule has 0 aliphatic heterocycles. The van der Waals surface area contributed by atoms with E-state index in [0.717, 1.165) is 16.0 Å². The van der Waals surface area contributed by atoms with E-state index >= 15 is 0 Å². The van der Waals surface area contributed by atoms with Gasteiger partial charge in [-0.1, -0.05) is 22.0 Å². The highest BCUT2D eigenvalue weighted by atomic mass is 79.9. The Morgan fingerprint density at radius 3 is 2.88 bits per heavy atom. The zero-order valence-corrected chi connectivity index (χ0v) is 11.7. The van der Waals surface area contributed by atoms with Crippen LogP contribution in [0.4, 0.5) is 4.39 Å². The average Bonchev–Trinajstić information content (AvgIpc) is 2.68. The first-order chi connectivity index (χ1) is 8.15. The number of hydrogen-bond donors (Lipinski definition) is 1. The molecule has 2 nitrogen and oxygen atoms in total. The van der Waals surface area contributed by atoms with Gasteiger partial charge in [0.15, 0.2) is 0 Å². The molecule has 0 spiro atoms. The molecule has 1 aromatic carbocycles. The van der Waals surface area contributed by atoms with E-state index in [2.05, 4.69) is 26.2 Å². The van der Waals surface area contributed by atoms with Gasteiger partial charge in [0.25, 0.3) is 0 Å². The third-order valence-electron chi connectivity index (χ3n) is 2.30. The summed E-state index contributed by atoms with van der Waals surface area (Å²) in [5.41, 5.74) is 0.675. The number of benzene rings is 1. The van der Waals surface area contributed by atoms with Gasteiger partial charge in [-0.2, -0.15) is 0 Å². The molecule has 0 aliphatic rings. The van der Waals surface area contributed by atoms with Crippen LogP contribution in [0.3, 0.4) is 0 Å². The second kappa shape index (κ2) is 5.71. The Hall–Kier alpha value is -0.780. The molecule has 0 aliphatic carbocycles. The number of thiazole rings is 1. The van der Waals surface area contributed by atoms with Crippen molar-refractivity contribution in [1.82, 2.24) is 10.3 Å². The third kappa shape index (κ3) is 3.59. The molecule has 1 heterocycles. The molecule has 2 aromatic rings. The van der Waals surface area contributed by atoms with Crippen LogP contribution >= 0.6 is 27.3 Å². The Morgan fingerprint density at radius 1 is 1.41 bits per heavy atom. The number of nitrogens with zero attached hydrogens (tertiary/aromatic N) is 1. The molecule has 0 saturated heterocycles. The van der Waals surface area contributed by atoms with Crippen molar-refractivity contribution in [2.24, 2.45) is 0 Å². The van der Waals surface area contributed by atoms with Crippen LogP contribution in [-0.2, 0) is 13.1 Å². The van der Waals surface area contributed by atoms with Crippen molar-refractivity contribution in [1.29, 1.82) is 0 Å². The Balaban J connectivity index is 1.90. The van der Waals surface area contributed by atoms with E-state index < -0.39 is 0 Å². The van der Waals surface area contributed by atoms with Crippen LogP contribution in [0.25, 0.3) is 0 Å². The van der Waals surface area contributed by atoms with Gasteiger partial charge in [-0.25, -0.2) is 9.37 Å². The first-order valence-electron chi connectivity index (χ1n) is 5.21. The second-order valence-electron chi connectivity index (χ2n) is 3.68. The van der Waals surface area contributed by atoms with Gasteiger partial charge in [0.2, 0.25) is 0 Å². The summed E-state index contributed by atoms with van der Waals surface area (Å²) in [6, 6.07) is 5.11. The van der Waals surface area contributed by atoms with Crippen molar-refractivity contribution >= 4 is 27.3 Å². The van der Waals surface area contributed by atoms with Crippen molar-refractivity contribution in [2.75, 3.05) is 0 Å². The number of hydrogen-bond acceptors (Lipinski definition) is 3. The molecule has 1 N–H and O–H groups in total. The minimum atomic E-state index is -0.188. The molecular weight excluding hydrogens is 303 g/mol. The van der Waals surface area contributed by atoms with E-state index in [9.17, 15) is 4.39 Å². The summed E-state index contributed by atoms with van der Waals surface area (Å²) >= 11 is 4.89. The quantitative estimate of drug-likeness (QED) is 0.932. The maximum absolute atomic E-state index is 13.5. The molecule has 90 valence electrons. The first-order valence-corrected chi connectivity index (χ1v) is 6.82. The van der Waals surface area contributed by atoms with Crippen LogP contribution < -0.4 is 5.32 Å². The molecule has 0 unspecified atom stereocenters. The van der Waals surface area contributed by atoms with Crippen molar-refractivity contribution in [3.63, 3.8) is 0 Å². The van der Waals surface area contributed by atoms with Gasteiger partial charge >= 0.3 is 0 Å². The Bertz CT molecular complexity index is 513. The number of nitrogens with one attached hydrogen (secondary N) is 1. The summed E-state index contributed by atoms with van der Waals surface area (Å²) in [7, 11) is 0. The van der Waals surface area contributed by atoms with Crippen molar-refractivity contribution in [3.05, 3.63) is 50.1 Å². The zero-order valence-electron chi connectivity index (χ0n) is 9.34. The normalized spacial score (nSPS) is 10.8. The Kier molecular flexibility index (Phi) is 4.25. The summed E-state index contributed by atoms with van der Waals surface area (Å²) in [4.78, 5) is 5.34. The largest absolute Gasteiger partial charge is 0.308 e. The van der Waals surface area contributed by atoms with Crippen molar-refractivity contribution in [2.45, 2.75) is 20.0 Å². The van der Waals surface area contributed by atoms with Crippen LogP contribution in [0.2, 0.25) is 0 Å². The molecule has 1 aromatic heterocycles. The highest BCUT2D eigenvalue weighted by Gasteiger charge is 2.03. The lowest BCUT2D eigenvalue weighted by molar-refractivity contribution is 0.588. The predicted molar refractivity (Wildman–Crippen MR) is 71.5 cm³/mol. The Labute approximate surface area is 112 Å². The maximum Gasteiger partial charge on any atom is 0.128 e. The minimum Gasteiger partial charge on any atom is -0.308 e. The summed E-state index contributed by atoms with van der Waals surface area (Å²) in [5.74, 6) is -0.188. The molecule has 0 atom stereocenters. The van der Waals surface area contributed by atoms with Gasteiger partial charge in [0.1, 0.15) is 5.82 Å². The molecule has 0 saturated carbocycles. The maximum atomic E-state index is 13.5. The molecule has 0 amide bonds. The van der Waals surface area contributed by atoms with E-state index in [1.165, 1.54) is 10.9 Å². The number of rotatable bonds is 4. The number of aromatic nitrogens is 1. The fourth-order valence-corrected chi connectivity index (χ4v) is 2.57. The minimum absolute atomic E-state index is 0.188. The van der Waals surface area contributed by atoms with Gasteiger partial charge in [0.05, 0.1) is 5.01 Å². The lowest BCUT2D eigenvalue weighted by Gasteiger charge is -2.04. The summed E-state index contributed by atoms with van der Waals surface area (Å²) in [5, 5.41) is 4.26. The van der Waals surface area contributed by atoms with Gasteiger partial charge in [-0.3, -0.25) is 0 Å². The molecule has 2 rings (SSSR count). The molecule has 0 bridgehead atoms. The van der Waals surface area contributed by atoms with E-state index in [4.69, 9.17) is 0 Å².